The lowest BCUT2D eigenvalue weighted by molar-refractivity contribution is -0.136. The molecule has 0 bridgehead atoms. The summed E-state index contributed by atoms with van der Waals surface area (Å²) in [5.74, 6) is -1.21. The molecule has 7 nitrogen and oxygen atoms in total. The van der Waals surface area contributed by atoms with Gasteiger partial charge < -0.3 is 21.1 Å². The summed E-state index contributed by atoms with van der Waals surface area (Å²) < 4.78 is 0. The number of aliphatic carboxylic acids is 1. The Balaban J connectivity index is 1.83. The molecule has 1 saturated carbocycles. The molecule has 0 aliphatic heterocycles. The number of amides is 3. The van der Waals surface area contributed by atoms with E-state index in [9.17, 15) is 14.4 Å². The maximum atomic E-state index is 11.7. The second kappa shape index (κ2) is 6.74. The van der Waals surface area contributed by atoms with Crippen LogP contribution in [0.5, 0.6) is 0 Å². The monoisotopic (exact) mass is 291 g/mol. The van der Waals surface area contributed by atoms with Gasteiger partial charge in [0.15, 0.2) is 0 Å². The zero-order valence-corrected chi connectivity index (χ0v) is 11.4. The Kier molecular flexibility index (Phi) is 4.76. The van der Waals surface area contributed by atoms with Gasteiger partial charge in [0, 0.05) is 11.7 Å². The van der Waals surface area contributed by atoms with Crippen LogP contribution in [-0.4, -0.2) is 35.6 Å². The van der Waals surface area contributed by atoms with Crippen molar-refractivity contribution in [2.24, 2.45) is 0 Å². The first-order chi connectivity index (χ1) is 10.0. The van der Waals surface area contributed by atoms with E-state index in [0.717, 1.165) is 12.8 Å². The molecule has 0 unspecified atom stereocenters. The van der Waals surface area contributed by atoms with Crippen molar-refractivity contribution in [3.05, 3.63) is 29.8 Å². The van der Waals surface area contributed by atoms with Gasteiger partial charge in [0.2, 0.25) is 5.91 Å². The molecular weight excluding hydrogens is 274 g/mol. The van der Waals surface area contributed by atoms with E-state index in [2.05, 4.69) is 16.0 Å². The van der Waals surface area contributed by atoms with Gasteiger partial charge in [-0.15, -0.1) is 0 Å². The number of carboxylic acid groups (broad SMARTS) is 1. The Bertz CT molecular complexity index is 555. The highest BCUT2D eigenvalue weighted by atomic mass is 16.4. The smallest absolute Gasteiger partial charge is 0.319 e. The molecule has 0 atom stereocenters. The molecule has 0 heterocycles. The average Bonchev–Trinajstić information content (AvgIpc) is 3.22. The van der Waals surface area contributed by atoms with Crippen LogP contribution in [0.15, 0.2) is 24.3 Å². The summed E-state index contributed by atoms with van der Waals surface area (Å²) in [6.45, 7) is -0.108. The third-order valence-electron chi connectivity index (χ3n) is 2.96. The standard InChI is InChI=1S/C14H17N3O4/c18-12(16-10-5-6-10)8-15-14(21)17-11-4-2-1-3-9(11)7-13(19)20/h1-4,10H,5-8H2,(H,16,18)(H,19,20)(H2,15,17,21). The van der Waals surface area contributed by atoms with Crippen molar-refractivity contribution in [1.29, 1.82) is 0 Å². The molecule has 0 saturated heterocycles. The van der Waals surface area contributed by atoms with Crippen LogP contribution < -0.4 is 16.0 Å². The summed E-state index contributed by atoms with van der Waals surface area (Å²) in [7, 11) is 0. The lowest BCUT2D eigenvalue weighted by Crippen LogP contribution is -2.39. The molecule has 0 spiro atoms. The fraction of sp³-hybridized carbons (Fsp3) is 0.357. The van der Waals surface area contributed by atoms with Crippen molar-refractivity contribution >= 4 is 23.6 Å². The fourth-order valence-corrected chi connectivity index (χ4v) is 1.79. The Morgan fingerprint density at radius 3 is 2.57 bits per heavy atom. The van der Waals surface area contributed by atoms with E-state index in [-0.39, 0.29) is 24.9 Å². The average molecular weight is 291 g/mol. The minimum Gasteiger partial charge on any atom is -0.481 e. The quantitative estimate of drug-likeness (QED) is 0.619. The van der Waals surface area contributed by atoms with E-state index in [1.165, 1.54) is 0 Å². The summed E-state index contributed by atoms with van der Waals surface area (Å²) in [5, 5.41) is 16.5. The fourth-order valence-electron chi connectivity index (χ4n) is 1.79. The maximum absolute atomic E-state index is 11.7. The number of anilines is 1. The maximum Gasteiger partial charge on any atom is 0.319 e. The van der Waals surface area contributed by atoms with E-state index in [1.807, 2.05) is 0 Å². The summed E-state index contributed by atoms with van der Waals surface area (Å²) in [6.07, 6.45) is 1.79. The molecule has 0 radical (unpaired) electrons. The molecule has 4 N–H and O–H groups in total. The van der Waals surface area contributed by atoms with Crippen molar-refractivity contribution < 1.29 is 19.5 Å². The van der Waals surface area contributed by atoms with Crippen LogP contribution in [0.3, 0.4) is 0 Å². The molecule has 7 heteroatoms. The third-order valence-corrected chi connectivity index (χ3v) is 2.96. The van der Waals surface area contributed by atoms with Gasteiger partial charge in [0.25, 0.3) is 0 Å². The second-order valence-electron chi connectivity index (χ2n) is 4.88. The van der Waals surface area contributed by atoms with E-state index in [4.69, 9.17) is 5.11 Å². The number of nitrogens with one attached hydrogen (secondary N) is 3. The molecular formula is C14H17N3O4. The Hall–Kier alpha value is -2.57. The minimum atomic E-state index is -0.978. The van der Waals surface area contributed by atoms with Crippen molar-refractivity contribution in [2.45, 2.75) is 25.3 Å². The number of hydrogen-bond acceptors (Lipinski definition) is 3. The van der Waals surface area contributed by atoms with Crippen LogP contribution in [0.1, 0.15) is 18.4 Å². The van der Waals surface area contributed by atoms with Crippen LogP contribution in [0.2, 0.25) is 0 Å². The van der Waals surface area contributed by atoms with Gasteiger partial charge in [0.05, 0.1) is 13.0 Å². The first-order valence-electron chi connectivity index (χ1n) is 6.68. The summed E-state index contributed by atoms with van der Waals surface area (Å²) in [6, 6.07) is 6.34. The number of hydrogen-bond donors (Lipinski definition) is 4. The number of rotatable bonds is 6. The van der Waals surface area contributed by atoms with Gasteiger partial charge in [-0.05, 0) is 24.5 Å². The van der Waals surface area contributed by atoms with Gasteiger partial charge >= 0.3 is 12.0 Å². The summed E-state index contributed by atoms with van der Waals surface area (Å²) in [4.78, 5) is 33.9. The molecule has 2 rings (SSSR count). The van der Waals surface area contributed by atoms with Crippen molar-refractivity contribution in [3.63, 3.8) is 0 Å². The topological polar surface area (TPSA) is 108 Å². The largest absolute Gasteiger partial charge is 0.481 e. The van der Waals surface area contributed by atoms with Gasteiger partial charge in [-0.3, -0.25) is 9.59 Å². The molecule has 1 aliphatic carbocycles. The molecule has 21 heavy (non-hydrogen) atoms. The highest BCUT2D eigenvalue weighted by Gasteiger charge is 2.23. The zero-order valence-electron chi connectivity index (χ0n) is 11.4. The third kappa shape index (κ3) is 5.13. The van der Waals surface area contributed by atoms with Crippen molar-refractivity contribution in [1.82, 2.24) is 10.6 Å². The number of benzene rings is 1. The van der Waals surface area contributed by atoms with Gasteiger partial charge in [0.1, 0.15) is 0 Å². The highest BCUT2D eigenvalue weighted by molar-refractivity contribution is 5.93. The number of urea groups is 1. The number of carbonyl (C=O) groups excluding carboxylic acids is 2. The highest BCUT2D eigenvalue weighted by Crippen LogP contribution is 2.18. The van der Waals surface area contributed by atoms with Gasteiger partial charge in [-0.2, -0.15) is 0 Å². The molecule has 3 amide bonds. The van der Waals surface area contributed by atoms with E-state index in [1.54, 1.807) is 24.3 Å². The van der Waals surface area contributed by atoms with E-state index >= 15 is 0 Å². The number of para-hydroxylation sites is 1. The molecule has 1 aromatic carbocycles. The van der Waals surface area contributed by atoms with Crippen molar-refractivity contribution in [2.75, 3.05) is 11.9 Å². The lowest BCUT2D eigenvalue weighted by Gasteiger charge is -2.11. The molecule has 1 fully saturated rings. The van der Waals surface area contributed by atoms with E-state index < -0.39 is 12.0 Å². The SMILES string of the molecule is O=C(O)Cc1ccccc1NC(=O)NCC(=O)NC1CC1. The zero-order chi connectivity index (χ0) is 15.2. The first kappa shape index (κ1) is 14.8. The van der Waals surface area contributed by atoms with E-state index in [0.29, 0.717) is 11.3 Å². The van der Waals surface area contributed by atoms with Gasteiger partial charge in [-0.1, -0.05) is 18.2 Å². The van der Waals surface area contributed by atoms with Gasteiger partial charge in [-0.25, -0.2) is 4.79 Å². The normalized spacial score (nSPS) is 13.3. The van der Waals surface area contributed by atoms with Crippen molar-refractivity contribution in [3.8, 4) is 0 Å². The number of carboxylic acids is 1. The molecule has 0 aromatic heterocycles. The second-order valence-corrected chi connectivity index (χ2v) is 4.88. The van der Waals surface area contributed by atoms with Crippen LogP contribution >= 0.6 is 0 Å². The Morgan fingerprint density at radius 2 is 1.90 bits per heavy atom. The van der Waals surface area contributed by atoms with Crippen LogP contribution in [0.25, 0.3) is 0 Å². The van der Waals surface area contributed by atoms with Crippen LogP contribution in [0, 0.1) is 0 Å². The number of carbonyl (C=O) groups is 3. The molecule has 1 aliphatic rings. The molecule has 1 aromatic rings. The van der Waals surface area contributed by atoms with Crippen LogP contribution in [0.4, 0.5) is 10.5 Å². The summed E-state index contributed by atoms with van der Waals surface area (Å²) >= 11 is 0. The Morgan fingerprint density at radius 1 is 1.19 bits per heavy atom. The summed E-state index contributed by atoms with van der Waals surface area (Å²) in [5.41, 5.74) is 0.919. The predicted octanol–water partition coefficient (Wildman–Crippen LogP) is 0.714. The lowest BCUT2D eigenvalue weighted by atomic mass is 10.1. The minimum absolute atomic E-state index is 0.108. The van der Waals surface area contributed by atoms with Crippen LogP contribution in [-0.2, 0) is 16.0 Å². The first-order valence-corrected chi connectivity index (χ1v) is 6.68. The predicted molar refractivity (Wildman–Crippen MR) is 76.0 cm³/mol. The Labute approximate surface area is 121 Å². The molecule has 112 valence electrons.